The molecule has 0 bridgehead atoms. The molecule has 2 rings (SSSR count). The Labute approximate surface area is 111 Å². The highest BCUT2D eigenvalue weighted by molar-refractivity contribution is 9.10. The highest BCUT2D eigenvalue weighted by Crippen LogP contribution is 2.32. The highest BCUT2D eigenvalue weighted by atomic mass is 79.9. The van der Waals surface area contributed by atoms with Crippen LogP contribution >= 0.6 is 39.3 Å². The zero-order valence-electron chi connectivity index (χ0n) is 8.62. The van der Waals surface area contributed by atoms with Crippen molar-refractivity contribution in [2.24, 2.45) is 0 Å². The van der Waals surface area contributed by atoms with E-state index in [1.54, 1.807) is 12.3 Å². The molecule has 0 saturated heterocycles. The van der Waals surface area contributed by atoms with Gasteiger partial charge in [-0.2, -0.15) is 0 Å². The Bertz CT molecular complexity index is 510. The first-order chi connectivity index (χ1) is 7.56. The fourth-order valence-corrected chi connectivity index (χ4v) is 2.57. The average molecular weight is 320 g/mol. The molecule has 2 heterocycles. The van der Waals surface area contributed by atoms with Crippen molar-refractivity contribution < 1.29 is 4.42 Å². The molecule has 0 spiro atoms. The van der Waals surface area contributed by atoms with Crippen LogP contribution in [0.5, 0.6) is 0 Å². The van der Waals surface area contributed by atoms with E-state index < -0.39 is 0 Å². The predicted molar refractivity (Wildman–Crippen MR) is 67.0 cm³/mol. The number of halogens is 2. The van der Waals surface area contributed by atoms with Crippen LogP contribution in [0.3, 0.4) is 0 Å². The number of aromatic nitrogens is 2. The molecule has 3 nitrogen and oxygen atoms in total. The van der Waals surface area contributed by atoms with Crippen molar-refractivity contribution >= 4 is 39.3 Å². The van der Waals surface area contributed by atoms with Gasteiger partial charge >= 0.3 is 0 Å². The van der Waals surface area contributed by atoms with Crippen LogP contribution in [0.15, 0.2) is 31.4 Å². The van der Waals surface area contributed by atoms with Crippen LogP contribution in [-0.2, 0) is 0 Å². The van der Waals surface area contributed by atoms with Crippen LogP contribution in [0, 0.1) is 13.8 Å². The standard InChI is InChI=1S/C10H8BrClN2OS/c1-5-6(2)15-10(14-5)16-9-8(12)3-7(11)4-13-9/h3-4H,1-2H3. The summed E-state index contributed by atoms with van der Waals surface area (Å²) in [6.07, 6.45) is 1.69. The second-order valence-electron chi connectivity index (χ2n) is 3.16. The van der Waals surface area contributed by atoms with E-state index in [1.807, 2.05) is 13.8 Å². The van der Waals surface area contributed by atoms with Crippen molar-refractivity contribution in [3.8, 4) is 0 Å². The molecule has 84 valence electrons. The van der Waals surface area contributed by atoms with Crippen LogP contribution in [0.25, 0.3) is 0 Å². The maximum atomic E-state index is 6.04. The molecule has 0 atom stereocenters. The monoisotopic (exact) mass is 318 g/mol. The molecule has 0 aliphatic heterocycles. The molecule has 0 aliphatic rings. The highest BCUT2D eigenvalue weighted by Gasteiger charge is 2.11. The van der Waals surface area contributed by atoms with E-state index in [1.165, 1.54) is 11.8 Å². The molecule has 0 amide bonds. The van der Waals surface area contributed by atoms with Crippen LogP contribution < -0.4 is 0 Å². The lowest BCUT2D eigenvalue weighted by Crippen LogP contribution is -1.82. The van der Waals surface area contributed by atoms with Gasteiger partial charge in [-0.05, 0) is 47.6 Å². The summed E-state index contributed by atoms with van der Waals surface area (Å²) in [7, 11) is 0. The number of oxazole rings is 1. The topological polar surface area (TPSA) is 38.9 Å². The van der Waals surface area contributed by atoms with E-state index in [-0.39, 0.29) is 0 Å². The van der Waals surface area contributed by atoms with E-state index in [9.17, 15) is 0 Å². The number of rotatable bonds is 2. The molecule has 6 heteroatoms. The molecule has 16 heavy (non-hydrogen) atoms. The Balaban J connectivity index is 2.27. The van der Waals surface area contributed by atoms with Gasteiger partial charge in [0, 0.05) is 10.7 Å². The van der Waals surface area contributed by atoms with Gasteiger partial charge in [0.25, 0.3) is 5.22 Å². The fourth-order valence-electron chi connectivity index (χ4n) is 1.05. The van der Waals surface area contributed by atoms with Crippen molar-refractivity contribution in [2.75, 3.05) is 0 Å². The molecular weight excluding hydrogens is 312 g/mol. The van der Waals surface area contributed by atoms with Gasteiger partial charge in [0.15, 0.2) is 0 Å². The molecule has 0 aliphatic carbocycles. The Morgan fingerprint density at radius 3 is 2.75 bits per heavy atom. The van der Waals surface area contributed by atoms with Gasteiger partial charge in [0.2, 0.25) is 0 Å². The first kappa shape index (κ1) is 12.0. The van der Waals surface area contributed by atoms with E-state index in [4.69, 9.17) is 16.0 Å². The Hall–Kier alpha value is -0.520. The molecular formula is C10H8BrClN2OS. The molecule has 0 radical (unpaired) electrons. The Morgan fingerprint density at radius 2 is 2.19 bits per heavy atom. The van der Waals surface area contributed by atoms with Crippen molar-refractivity contribution in [3.63, 3.8) is 0 Å². The van der Waals surface area contributed by atoms with Crippen LogP contribution in [-0.4, -0.2) is 9.97 Å². The molecule has 0 unspecified atom stereocenters. The van der Waals surface area contributed by atoms with Crippen molar-refractivity contribution in [3.05, 3.63) is 33.2 Å². The first-order valence-electron chi connectivity index (χ1n) is 4.49. The van der Waals surface area contributed by atoms with Gasteiger partial charge in [-0.25, -0.2) is 9.97 Å². The minimum absolute atomic E-state index is 0.562. The fraction of sp³-hybridized carbons (Fsp3) is 0.200. The third-order valence-corrected chi connectivity index (χ3v) is 3.67. The third-order valence-electron chi connectivity index (χ3n) is 1.97. The maximum absolute atomic E-state index is 6.04. The summed E-state index contributed by atoms with van der Waals surface area (Å²) in [4.78, 5) is 8.45. The van der Waals surface area contributed by atoms with Gasteiger partial charge < -0.3 is 4.42 Å². The zero-order chi connectivity index (χ0) is 11.7. The van der Waals surface area contributed by atoms with Crippen LogP contribution in [0.2, 0.25) is 5.02 Å². The molecule has 0 aromatic carbocycles. The zero-order valence-corrected chi connectivity index (χ0v) is 11.8. The summed E-state index contributed by atoms with van der Waals surface area (Å²) in [6.45, 7) is 3.78. The second kappa shape index (κ2) is 4.77. The predicted octanol–water partition coefficient (Wildman–Crippen LogP) is 4.25. The minimum Gasteiger partial charge on any atom is -0.436 e. The lowest BCUT2D eigenvalue weighted by molar-refractivity contribution is 0.431. The summed E-state index contributed by atoms with van der Waals surface area (Å²) in [5.41, 5.74) is 0.885. The van der Waals surface area contributed by atoms with Gasteiger partial charge in [-0.15, -0.1) is 0 Å². The van der Waals surface area contributed by atoms with Gasteiger partial charge in [-0.3, -0.25) is 0 Å². The number of hydrogen-bond acceptors (Lipinski definition) is 4. The Kier molecular flexibility index (Phi) is 3.56. The second-order valence-corrected chi connectivity index (χ2v) is 5.43. The smallest absolute Gasteiger partial charge is 0.262 e. The lowest BCUT2D eigenvalue weighted by Gasteiger charge is -1.99. The average Bonchev–Trinajstić information content (AvgIpc) is 2.51. The van der Waals surface area contributed by atoms with Crippen molar-refractivity contribution in [2.45, 2.75) is 24.1 Å². The SMILES string of the molecule is Cc1nc(Sc2ncc(Br)cc2Cl)oc1C. The molecule has 0 N–H and O–H groups in total. The van der Waals surface area contributed by atoms with Crippen LogP contribution in [0.1, 0.15) is 11.5 Å². The number of aryl methyl sites for hydroxylation is 2. The molecule has 0 fully saturated rings. The van der Waals surface area contributed by atoms with Crippen molar-refractivity contribution in [1.29, 1.82) is 0 Å². The van der Waals surface area contributed by atoms with Gasteiger partial charge in [-0.1, -0.05) is 11.6 Å². The van der Waals surface area contributed by atoms with E-state index in [2.05, 4.69) is 25.9 Å². The Morgan fingerprint density at radius 1 is 1.44 bits per heavy atom. The number of nitrogens with zero attached hydrogens (tertiary/aromatic N) is 2. The summed E-state index contributed by atoms with van der Waals surface area (Å²) < 4.78 is 6.29. The maximum Gasteiger partial charge on any atom is 0.262 e. The first-order valence-corrected chi connectivity index (χ1v) is 6.48. The van der Waals surface area contributed by atoms with Crippen molar-refractivity contribution in [1.82, 2.24) is 9.97 Å². The molecule has 0 saturated carbocycles. The lowest BCUT2D eigenvalue weighted by atomic mass is 10.4. The molecule has 2 aromatic heterocycles. The summed E-state index contributed by atoms with van der Waals surface area (Å²) in [5.74, 6) is 0.815. The minimum atomic E-state index is 0.562. The van der Waals surface area contributed by atoms with Gasteiger partial charge in [0.1, 0.15) is 10.8 Å². The van der Waals surface area contributed by atoms with E-state index in [0.717, 1.165) is 15.9 Å². The summed E-state index contributed by atoms with van der Waals surface area (Å²) in [6, 6.07) is 1.79. The quantitative estimate of drug-likeness (QED) is 0.829. The summed E-state index contributed by atoms with van der Waals surface area (Å²) >= 11 is 10.7. The van der Waals surface area contributed by atoms with E-state index >= 15 is 0 Å². The van der Waals surface area contributed by atoms with E-state index in [0.29, 0.717) is 15.3 Å². The summed E-state index contributed by atoms with van der Waals surface area (Å²) in [5, 5.41) is 1.82. The van der Waals surface area contributed by atoms with Gasteiger partial charge in [0.05, 0.1) is 10.7 Å². The number of hydrogen-bond donors (Lipinski definition) is 0. The normalized spacial score (nSPS) is 10.8. The molecule has 2 aromatic rings. The third kappa shape index (κ3) is 2.59. The largest absolute Gasteiger partial charge is 0.436 e. The number of pyridine rings is 1. The van der Waals surface area contributed by atoms with Crippen LogP contribution in [0.4, 0.5) is 0 Å².